The number of hydrogen-bond donors (Lipinski definition) is 0. The van der Waals surface area contributed by atoms with Gasteiger partial charge in [0.25, 0.3) is 0 Å². The summed E-state index contributed by atoms with van der Waals surface area (Å²) >= 11 is 0. The third kappa shape index (κ3) is 8.97. The van der Waals surface area contributed by atoms with Crippen LogP contribution in [-0.4, -0.2) is 44.9 Å². The monoisotopic (exact) mass is 321 g/mol. The minimum Gasteiger partial charge on any atom is -0.491 e. The van der Waals surface area contributed by atoms with Gasteiger partial charge in [-0.2, -0.15) is 0 Å². The van der Waals surface area contributed by atoms with E-state index in [1.54, 1.807) is 0 Å². The van der Waals surface area contributed by atoms with E-state index in [1.807, 2.05) is 0 Å². The average molecular weight is 322 g/mol. The highest BCUT2D eigenvalue weighted by Crippen LogP contribution is 2.15. The second-order valence-electron chi connectivity index (χ2n) is 7.41. The van der Waals surface area contributed by atoms with E-state index in [1.165, 1.54) is 5.56 Å². The Morgan fingerprint density at radius 1 is 0.913 bits per heavy atom. The van der Waals surface area contributed by atoms with Crippen molar-refractivity contribution in [2.75, 3.05) is 33.9 Å². The van der Waals surface area contributed by atoms with Crippen LogP contribution in [0.5, 0.6) is 5.75 Å². The highest BCUT2D eigenvalue weighted by Gasteiger charge is 2.13. The van der Waals surface area contributed by atoms with Gasteiger partial charge in [-0.05, 0) is 56.5 Å². The third-order valence-electron chi connectivity index (χ3n) is 3.85. The standard InChI is InChI=1S/C20H35NO2/c1-16(2)13-18-7-9-20(10-8-18)23-12-11-22-15-19(21(5)6)14-17(3)4/h7-10,16-17,19H,11-15H2,1-6H3. The van der Waals surface area contributed by atoms with Gasteiger partial charge in [-0.25, -0.2) is 0 Å². The molecule has 0 bridgehead atoms. The van der Waals surface area contributed by atoms with Gasteiger partial charge in [0.15, 0.2) is 0 Å². The molecule has 0 spiro atoms. The molecule has 3 heteroatoms. The zero-order valence-corrected chi connectivity index (χ0v) is 15.8. The Morgan fingerprint density at radius 2 is 1.57 bits per heavy atom. The van der Waals surface area contributed by atoms with Crippen molar-refractivity contribution in [3.8, 4) is 5.75 Å². The Hall–Kier alpha value is -1.06. The fourth-order valence-electron chi connectivity index (χ4n) is 2.60. The molecule has 0 aromatic heterocycles. The predicted molar refractivity (Wildman–Crippen MR) is 98.2 cm³/mol. The Labute approximate surface area is 143 Å². The van der Waals surface area contributed by atoms with E-state index in [2.05, 4.69) is 71.0 Å². The molecule has 0 heterocycles. The lowest BCUT2D eigenvalue weighted by Gasteiger charge is -2.25. The zero-order valence-electron chi connectivity index (χ0n) is 15.8. The Balaban J connectivity index is 2.23. The number of likely N-dealkylation sites (N-methyl/N-ethyl adjacent to an activating group) is 1. The number of ether oxygens (including phenoxy) is 2. The molecule has 1 unspecified atom stereocenters. The molecule has 1 aromatic carbocycles. The van der Waals surface area contributed by atoms with Crippen LogP contribution in [0, 0.1) is 11.8 Å². The molecule has 0 amide bonds. The van der Waals surface area contributed by atoms with Crippen LogP contribution in [-0.2, 0) is 11.2 Å². The number of hydrogen-bond acceptors (Lipinski definition) is 3. The van der Waals surface area contributed by atoms with Crippen LogP contribution in [0.25, 0.3) is 0 Å². The number of rotatable bonds is 11. The molecule has 0 saturated heterocycles. The van der Waals surface area contributed by atoms with Gasteiger partial charge in [0.2, 0.25) is 0 Å². The molecule has 1 atom stereocenters. The summed E-state index contributed by atoms with van der Waals surface area (Å²) < 4.78 is 11.5. The van der Waals surface area contributed by atoms with Gasteiger partial charge >= 0.3 is 0 Å². The molecule has 0 aliphatic carbocycles. The van der Waals surface area contributed by atoms with Crippen LogP contribution in [0.1, 0.15) is 39.7 Å². The van der Waals surface area contributed by atoms with Crippen molar-refractivity contribution in [2.45, 2.75) is 46.6 Å². The van der Waals surface area contributed by atoms with Crippen LogP contribution in [0.2, 0.25) is 0 Å². The van der Waals surface area contributed by atoms with Crippen molar-refractivity contribution in [1.29, 1.82) is 0 Å². The van der Waals surface area contributed by atoms with Gasteiger partial charge in [0, 0.05) is 6.04 Å². The van der Waals surface area contributed by atoms with E-state index in [0.29, 0.717) is 31.1 Å². The number of benzene rings is 1. The Morgan fingerprint density at radius 3 is 2.09 bits per heavy atom. The Bertz CT molecular complexity index is 412. The summed E-state index contributed by atoms with van der Waals surface area (Å²) in [6, 6.07) is 8.89. The largest absolute Gasteiger partial charge is 0.491 e. The molecule has 0 aliphatic heterocycles. The first-order valence-electron chi connectivity index (χ1n) is 8.84. The van der Waals surface area contributed by atoms with Crippen molar-refractivity contribution in [3.05, 3.63) is 29.8 Å². The number of nitrogens with zero attached hydrogens (tertiary/aromatic N) is 1. The summed E-state index contributed by atoms with van der Waals surface area (Å²) in [5.41, 5.74) is 1.37. The molecule has 3 nitrogen and oxygen atoms in total. The molecule has 0 fully saturated rings. The minimum atomic E-state index is 0.477. The van der Waals surface area contributed by atoms with Gasteiger partial charge in [-0.15, -0.1) is 0 Å². The summed E-state index contributed by atoms with van der Waals surface area (Å²) in [5, 5.41) is 0. The van der Waals surface area contributed by atoms with E-state index < -0.39 is 0 Å². The summed E-state index contributed by atoms with van der Waals surface area (Å²) in [6.45, 7) is 11.0. The fourth-order valence-corrected chi connectivity index (χ4v) is 2.60. The maximum Gasteiger partial charge on any atom is 0.119 e. The van der Waals surface area contributed by atoms with Crippen molar-refractivity contribution >= 4 is 0 Å². The van der Waals surface area contributed by atoms with E-state index in [9.17, 15) is 0 Å². The van der Waals surface area contributed by atoms with Crippen LogP contribution >= 0.6 is 0 Å². The maximum absolute atomic E-state index is 5.79. The first kappa shape index (κ1) is 20.0. The third-order valence-corrected chi connectivity index (χ3v) is 3.85. The molecule has 0 N–H and O–H groups in total. The first-order valence-corrected chi connectivity index (χ1v) is 8.84. The minimum absolute atomic E-state index is 0.477. The first-order chi connectivity index (χ1) is 10.9. The van der Waals surface area contributed by atoms with Crippen LogP contribution in [0.3, 0.4) is 0 Å². The lowest BCUT2D eigenvalue weighted by molar-refractivity contribution is 0.0529. The summed E-state index contributed by atoms with van der Waals surface area (Å²) in [5.74, 6) is 2.30. The van der Waals surface area contributed by atoms with Crippen LogP contribution in [0.15, 0.2) is 24.3 Å². The highest BCUT2D eigenvalue weighted by atomic mass is 16.5. The van der Waals surface area contributed by atoms with E-state index in [-0.39, 0.29) is 0 Å². The van der Waals surface area contributed by atoms with Gasteiger partial charge < -0.3 is 14.4 Å². The van der Waals surface area contributed by atoms with Crippen molar-refractivity contribution < 1.29 is 9.47 Å². The second-order valence-corrected chi connectivity index (χ2v) is 7.41. The van der Waals surface area contributed by atoms with Gasteiger partial charge in [-0.3, -0.25) is 0 Å². The highest BCUT2D eigenvalue weighted by molar-refractivity contribution is 5.27. The van der Waals surface area contributed by atoms with Gasteiger partial charge in [0.1, 0.15) is 12.4 Å². The smallest absolute Gasteiger partial charge is 0.119 e. The van der Waals surface area contributed by atoms with Crippen LogP contribution < -0.4 is 4.74 Å². The van der Waals surface area contributed by atoms with E-state index in [0.717, 1.165) is 25.2 Å². The maximum atomic E-state index is 5.79. The summed E-state index contributed by atoms with van der Waals surface area (Å²) in [6.07, 6.45) is 2.27. The molecule has 23 heavy (non-hydrogen) atoms. The van der Waals surface area contributed by atoms with Crippen LogP contribution in [0.4, 0.5) is 0 Å². The van der Waals surface area contributed by atoms with E-state index in [4.69, 9.17) is 9.47 Å². The second kappa shape index (κ2) is 10.7. The molecular formula is C20H35NO2. The van der Waals surface area contributed by atoms with Crippen molar-refractivity contribution in [1.82, 2.24) is 4.90 Å². The molecule has 132 valence electrons. The Kier molecular flexibility index (Phi) is 9.27. The lowest BCUT2D eigenvalue weighted by atomic mass is 10.0. The molecule has 0 saturated carbocycles. The topological polar surface area (TPSA) is 21.7 Å². The SMILES string of the molecule is CC(C)Cc1ccc(OCCOCC(CC(C)C)N(C)C)cc1. The van der Waals surface area contributed by atoms with Gasteiger partial charge in [-0.1, -0.05) is 39.8 Å². The summed E-state index contributed by atoms with van der Waals surface area (Å²) in [7, 11) is 4.23. The summed E-state index contributed by atoms with van der Waals surface area (Å²) in [4.78, 5) is 2.24. The molecule has 0 aliphatic rings. The van der Waals surface area contributed by atoms with Gasteiger partial charge in [0.05, 0.1) is 13.2 Å². The molecule has 0 radical (unpaired) electrons. The zero-order chi connectivity index (χ0) is 17.2. The fraction of sp³-hybridized carbons (Fsp3) is 0.700. The van der Waals surface area contributed by atoms with Crippen molar-refractivity contribution in [3.63, 3.8) is 0 Å². The van der Waals surface area contributed by atoms with E-state index >= 15 is 0 Å². The molecule has 1 aromatic rings. The molecule has 1 rings (SSSR count). The van der Waals surface area contributed by atoms with Crippen molar-refractivity contribution in [2.24, 2.45) is 11.8 Å². The lowest BCUT2D eigenvalue weighted by Crippen LogP contribution is -2.34. The predicted octanol–water partition coefficient (Wildman–Crippen LogP) is 4.26. The molecular weight excluding hydrogens is 286 g/mol. The normalized spacial score (nSPS) is 13.1. The quantitative estimate of drug-likeness (QED) is 0.569. The average Bonchev–Trinajstić information content (AvgIpc) is 2.46.